The first-order valence-corrected chi connectivity index (χ1v) is 10.8. The van der Waals surface area contributed by atoms with Crippen LogP contribution in [-0.4, -0.2) is 12.0 Å². The topological polar surface area (TPSA) is 0 Å². The van der Waals surface area contributed by atoms with Gasteiger partial charge in [0.2, 0.25) is 0 Å². The Kier molecular flexibility index (Phi) is 25.4. The van der Waals surface area contributed by atoms with Crippen LogP contribution in [0.4, 0.5) is 0 Å². The van der Waals surface area contributed by atoms with Crippen LogP contribution in [0.2, 0.25) is 0 Å². The van der Waals surface area contributed by atoms with Crippen LogP contribution in [0.25, 0.3) is 0 Å². The molecule has 0 bridgehead atoms. The summed E-state index contributed by atoms with van der Waals surface area (Å²) >= 11 is 1.99. The molecule has 21 heavy (non-hydrogen) atoms. The molecule has 0 aromatic carbocycles. The van der Waals surface area contributed by atoms with Crippen LogP contribution >= 0.6 is 11.8 Å². The normalized spacial score (nSPS) is 10.6. The van der Waals surface area contributed by atoms with E-state index in [9.17, 15) is 0 Å². The van der Waals surface area contributed by atoms with E-state index in [2.05, 4.69) is 13.2 Å². The van der Waals surface area contributed by atoms with Crippen LogP contribution in [0.15, 0.2) is 0 Å². The van der Waals surface area contributed by atoms with Crippen LogP contribution < -0.4 is 0 Å². The highest BCUT2D eigenvalue weighted by Gasteiger charge is 1.94. The zero-order valence-corrected chi connectivity index (χ0v) is 15.2. The van der Waals surface area contributed by atoms with Crippen molar-refractivity contribution in [2.24, 2.45) is 0 Å². The number of rotatable bonds is 17. The van der Waals surface area contributed by atoms with Crippen molar-refractivity contribution in [1.29, 1.82) is 0 Å². The Hall–Kier alpha value is 0.350. The first-order valence-electron chi connectivity index (χ1n) is 9.40. The first kappa shape index (κ1) is 23.6. The lowest BCUT2D eigenvalue weighted by Gasteiger charge is -2.03. The minimum Gasteiger partial charge on any atom is -0.165 e. The van der Waals surface area contributed by atoms with Gasteiger partial charge in [0.15, 0.2) is 0 Å². The molecular formula is C20H44S. The predicted octanol–water partition coefficient (Wildman–Crippen LogP) is 8.25. The smallest absolute Gasteiger partial charge is 0.00703 e. The van der Waals surface area contributed by atoms with Gasteiger partial charge in [0.1, 0.15) is 0 Å². The summed E-state index contributed by atoms with van der Waals surface area (Å²) in [5, 5.41) is 0. The second-order valence-corrected chi connectivity index (χ2v) is 7.28. The summed E-state index contributed by atoms with van der Waals surface area (Å²) in [5.41, 5.74) is 0. The molecule has 0 heterocycles. The molecule has 0 rings (SSSR count). The minimum atomic E-state index is 0. The Labute approximate surface area is 141 Å². The lowest BCUT2D eigenvalue weighted by Crippen LogP contribution is -1.84. The highest BCUT2D eigenvalue weighted by atomic mass is 32.2. The average Bonchev–Trinajstić information content (AvgIpc) is 2.47. The van der Waals surface area contributed by atoms with Gasteiger partial charge in [-0.2, -0.15) is 11.8 Å². The zero-order chi connectivity index (χ0) is 14.7. The number of hydrogen-bond acceptors (Lipinski definition) is 1. The van der Waals surface area contributed by atoms with Crippen LogP contribution in [0.5, 0.6) is 0 Å². The summed E-state index contributed by atoms with van der Waals surface area (Å²) in [4.78, 5) is 0. The van der Waals surface area contributed by atoms with E-state index in [0.29, 0.717) is 0 Å². The first-order chi connectivity index (χ1) is 9.91. The Morgan fingerprint density at radius 1 is 0.476 bits per heavy atom. The highest BCUT2D eigenvalue weighted by molar-refractivity contribution is 7.98. The third-order valence-electron chi connectivity index (χ3n) is 4.20. The van der Waals surface area contributed by atoms with Gasteiger partial charge in [-0.3, -0.25) is 0 Å². The SMILES string of the molecule is C.CCCCCCCCCCCCCCCCCCSC. The molecule has 0 aliphatic carbocycles. The Morgan fingerprint density at radius 2 is 0.762 bits per heavy atom. The largest absolute Gasteiger partial charge is 0.165 e. The van der Waals surface area contributed by atoms with Gasteiger partial charge < -0.3 is 0 Å². The van der Waals surface area contributed by atoms with E-state index in [4.69, 9.17) is 0 Å². The third kappa shape index (κ3) is 22.8. The molecule has 0 aliphatic heterocycles. The summed E-state index contributed by atoms with van der Waals surface area (Å²) in [7, 11) is 0. The second kappa shape index (κ2) is 22.6. The summed E-state index contributed by atoms with van der Waals surface area (Å²) in [6.07, 6.45) is 25.7. The zero-order valence-electron chi connectivity index (χ0n) is 14.4. The van der Waals surface area contributed by atoms with Crippen LogP contribution in [-0.2, 0) is 0 Å². The molecule has 0 fully saturated rings. The highest BCUT2D eigenvalue weighted by Crippen LogP contribution is 2.13. The lowest BCUT2D eigenvalue weighted by molar-refractivity contribution is 0.532. The molecule has 0 spiro atoms. The van der Waals surface area contributed by atoms with Gasteiger partial charge in [-0.15, -0.1) is 0 Å². The summed E-state index contributed by atoms with van der Waals surface area (Å²) < 4.78 is 0. The molecule has 0 saturated carbocycles. The van der Waals surface area contributed by atoms with Crippen LogP contribution in [0.3, 0.4) is 0 Å². The molecule has 0 aromatic heterocycles. The van der Waals surface area contributed by atoms with E-state index in [0.717, 1.165) is 0 Å². The van der Waals surface area contributed by atoms with Crippen molar-refractivity contribution in [2.75, 3.05) is 12.0 Å². The molecular weight excluding hydrogens is 272 g/mol. The predicted molar refractivity (Wildman–Crippen MR) is 105 cm³/mol. The monoisotopic (exact) mass is 316 g/mol. The van der Waals surface area contributed by atoms with Gasteiger partial charge in [-0.1, -0.05) is 111 Å². The van der Waals surface area contributed by atoms with Crippen molar-refractivity contribution >= 4 is 11.8 Å². The third-order valence-corrected chi connectivity index (χ3v) is 4.90. The quantitative estimate of drug-likeness (QED) is 0.243. The molecule has 0 aromatic rings. The molecule has 0 radical (unpaired) electrons. The number of thioether (sulfide) groups is 1. The molecule has 0 amide bonds. The molecule has 0 unspecified atom stereocenters. The van der Waals surface area contributed by atoms with E-state index in [-0.39, 0.29) is 7.43 Å². The van der Waals surface area contributed by atoms with E-state index < -0.39 is 0 Å². The molecule has 0 atom stereocenters. The average molecular weight is 317 g/mol. The van der Waals surface area contributed by atoms with Crippen molar-refractivity contribution in [3.63, 3.8) is 0 Å². The van der Waals surface area contributed by atoms with E-state index in [1.807, 2.05) is 11.8 Å². The van der Waals surface area contributed by atoms with E-state index in [1.54, 1.807) is 0 Å². The van der Waals surface area contributed by atoms with E-state index in [1.165, 1.54) is 108 Å². The fourth-order valence-corrected chi connectivity index (χ4v) is 3.29. The van der Waals surface area contributed by atoms with Crippen molar-refractivity contribution in [3.8, 4) is 0 Å². The lowest BCUT2D eigenvalue weighted by atomic mass is 10.0. The Balaban J connectivity index is 0. The van der Waals surface area contributed by atoms with Crippen molar-refractivity contribution in [1.82, 2.24) is 0 Å². The van der Waals surface area contributed by atoms with Crippen molar-refractivity contribution in [3.05, 3.63) is 0 Å². The number of hydrogen-bond donors (Lipinski definition) is 0. The minimum absolute atomic E-state index is 0. The number of unbranched alkanes of at least 4 members (excludes halogenated alkanes) is 15. The summed E-state index contributed by atoms with van der Waals surface area (Å²) in [6.45, 7) is 2.30. The Bertz CT molecular complexity index is 138. The van der Waals surface area contributed by atoms with Crippen molar-refractivity contribution < 1.29 is 0 Å². The van der Waals surface area contributed by atoms with E-state index >= 15 is 0 Å². The molecule has 0 saturated heterocycles. The van der Waals surface area contributed by atoms with Crippen LogP contribution in [0, 0.1) is 0 Å². The molecule has 0 aliphatic rings. The maximum atomic E-state index is 2.30. The van der Waals surface area contributed by atoms with Gasteiger partial charge in [-0.05, 0) is 18.4 Å². The van der Waals surface area contributed by atoms with Gasteiger partial charge in [-0.25, -0.2) is 0 Å². The molecule has 0 nitrogen and oxygen atoms in total. The van der Waals surface area contributed by atoms with Gasteiger partial charge in [0, 0.05) is 0 Å². The van der Waals surface area contributed by atoms with Gasteiger partial charge >= 0.3 is 0 Å². The second-order valence-electron chi connectivity index (χ2n) is 6.30. The van der Waals surface area contributed by atoms with Crippen molar-refractivity contribution in [2.45, 2.75) is 117 Å². The summed E-state index contributed by atoms with van der Waals surface area (Å²) in [5.74, 6) is 1.36. The summed E-state index contributed by atoms with van der Waals surface area (Å²) in [6, 6.07) is 0. The van der Waals surface area contributed by atoms with Gasteiger partial charge in [0.05, 0.1) is 0 Å². The maximum Gasteiger partial charge on any atom is -0.00703 e. The maximum absolute atomic E-state index is 2.30. The molecule has 0 N–H and O–H groups in total. The fourth-order valence-electron chi connectivity index (χ4n) is 2.79. The standard InChI is InChI=1S/C19H40S.CH4/c1-3-4-5-6-7-8-9-10-11-12-13-14-15-16-17-18-19-20-2;/h3-19H2,1-2H3;1H4. The van der Waals surface area contributed by atoms with Crippen LogP contribution in [0.1, 0.15) is 117 Å². The van der Waals surface area contributed by atoms with Gasteiger partial charge in [0.25, 0.3) is 0 Å². The Morgan fingerprint density at radius 3 is 1.05 bits per heavy atom. The fraction of sp³-hybridized carbons (Fsp3) is 1.00. The molecule has 130 valence electrons. The molecule has 1 heteroatoms.